The van der Waals surface area contributed by atoms with Gasteiger partial charge in [-0.3, -0.25) is 0 Å². The van der Waals surface area contributed by atoms with E-state index in [9.17, 15) is 0 Å². The van der Waals surface area contributed by atoms with Gasteiger partial charge in [0.1, 0.15) is 0 Å². The zero-order valence-electron chi connectivity index (χ0n) is 43.0. The van der Waals surface area contributed by atoms with Crippen molar-refractivity contribution >= 4 is 27.8 Å². The molecule has 0 amide bonds. The van der Waals surface area contributed by atoms with Crippen LogP contribution in [0.25, 0.3) is 88.7 Å². The van der Waals surface area contributed by atoms with Crippen LogP contribution in [0.5, 0.6) is 0 Å². The Morgan fingerprint density at radius 1 is 0.230 bits per heavy atom. The SMILES string of the molecule is CC1(C)c2cc(-c3ccccc3)ccc2-c2ccc(N(c3ccc4c(c3)C(C)(C)c3cc(-c5ccccc5)ccc3-4)c3ccc4c(c3)C(C)(C)c3cc(-c5ccc(-c6cccc7ccccc67)cc5)ccc3-4)cc21. The van der Waals surface area contributed by atoms with Gasteiger partial charge >= 0.3 is 0 Å². The summed E-state index contributed by atoms with van der Waals surface area (Å²) in [7, 11) is 0. The summed E-state index contributed by atoms with van der Waals surface area (Å²) >= 11 is 0. The van der Waals surface area contributed by atoms with Crippen molar-refractivity contribution in [3.05, 3.63) is 270 Å². The van der Waals surface area contributed by atoms with Crippen LogP contribution in [-0.4, -0.2) is 0 Å². The van der Waals surface area contributed by atoms with E-state index in [0.717, 1.165) is 17.1 Å². The summed E-state index contributed by atoms with van der Waals surface area (Å²) in [6.07, 6.45) is 0. The van der Waals surface area contributed by atoms with Gasteiger partial charge in [-0.25, -0.2) is 0 Å². The van der Waals surface area contributed by atoms with Crippen LogP contribution in [0.15, 0.2) is 237 Å². The molecule has 0 unspecified atom stereocenters. The van der Waals surface area contributed by atoms with E-state index in [1.165, 1.54) is 122 Å². The molecule has 0 aliphatic heterocycles. The van der Waals surface area contributed by atoms with E-state index in [0.29, 0.717) is 0 Å². The Kier molecular flexibility index (Phi) is 9.70. The number of fused-ring (bicyclic) bond motifs is 10. The van der Waals surface area contributed by atoms with Gasteiger partial charge in [0.2, 0.25) is 0 Å². The molecule has 0 heterocycles. The summed E-state index contributed by atoms with van der Waals surface area (Å²) in [4.78, 5) is 2.53. The fourth-order valence-corrected chi connectivity index (χ4v) is 13.2. The molecule has 0 bridgehead atoms. The number of anilines is 3. The highest BCUT2D eigenvalue weighted by atomic mass is 15.1. The first kappa shape index (κ1) is 44.2. The molecule has 0 saturated heterocycles. The van der Waals surface area contributed by atoms with E-state index in [2.05, 4.69) is 283 Å². The largest absolute Gasteiger partial charge is 0.310 e. The maximum atomic E-state index is 2.53. The number of rotatable bonds is 7. The molecule has 0 radical (unpaired) electrons. The molecule has 74 heavy (non-hydrogen) atoms. The molecule has 3 aliphatic carbocycles. The van der Waals surface area contributed by atoms with Crippen molar-refractivity contribution in [2.24, 2.45) is 0 Å². The molecule has 11 aromatic rings. The Balaban J connectivity index is 0.867. The Morgan fingerprint density at radius 3 is 0.959 bits per heavy atom. The van der Waals surface area contributed by atoms with Crippen molar-refractivity contribution < 1.29 is 0 Å². The van der Waals surface area contributed by atoms with Gasteiger partial charge in [-0.05, 0) is 177 Å². The molecule has 0 aromatic heterocycles. The number of hydrogen-bond acceptors (Lipinski definition) is 1. The second-order valence-corrected chi connectivity index (χ2v) is 22.5. The second kappa shape index (κ2) is 16.2. The monoisotopic (exact) mass is 947 g/mol. The number of hydrogen-bond donors (Lipinski definition) is 0. The first-order chi connectivity index (χ1) is 35.9. The standard InChI is InChI=1S/C73H57N/c1-71(2)65-40-51(46-16-9-7-10-17-46)28-34-59(65)62-37-31-54(43-68(62)71)74(55-32-38-63-60-35-29-52(47-18-11-8-12-19-47)41-66(60)72(3,4)69(63)44-55)56-33-39-64-61-36-30-53(42-67(61)73(5,6)70(64)45-56)48-24-26-50(27-25-48)58-23-15-21-49-20-13-14-22-57(49)58/h7-45H,1-6H3. The predicted molar refractivity (Wildman–Crippen MR) is 313 cm³/mol. The van der Waals surface area contributed by atoms with Crippen LogP contribution in [-0.2, 0) is 16.2 Å². The van der Waals surface area contributed by atoms with Crippen LogP contribution in [0, 0.1) is 0 Å². The molecule has 0 saturated carbocycles. The zero-order valence-corrected chi connectivity index (χ0v) is 43.0. The molecule has 3 aliphatic rings. The third kappa shape index (κ3) is 6.69. The Hall–Kier alpha value is -8.52. The minimum atomic E-state index is -0.235. The van der Waals surface area contributed by atoms with Crippen molar-refractivity contribution in [3.63, 3.8) is 0 Å². The third-order valence-electron chi connectivity index (χ3n) is 17.3. The van der Waals surface area contributed by atoms with Gasteiger partial charge in [0.05, 0.1) is 0 Å². The minimum absolute atomic E-state index is 0.204. The topological polar surface area (TPSA) is 3.24 Å². The molecule has 1 nitrogen and oxygen atoms in total. The highest BCUT2D eigenvalue weighted by Crippen LogP contribution is 2.56. The van der Waals surface area contributed by atoms with E-state index in [4.69, 9.17) is 0 Å². The quantitative estimate of drug-likeness (QED) is 0.154. The van der Waals surface area contributed by atoms with Crippen LogP contribution in [0.4, 0.5) is 17.1 Å². The van der Waals surface area contributed by atoms with Crippen molar-refractivity contribution in [2.45, 2.75) is 57.8 Å². The highest BCUT2D eigenvalue weighted by molar-refractivity contribution is 5.97. The van der Waals surface area contributed by atoms with E-state index in [-0.39, 0.29) is 16.2 Å². The van der Waals surface area contributed by atoms with Gasteiger partial charge in [0.15, 0.2) is 0 Å². The summed E-state index contributed by atoms with van der Waals surface area (Å²) in [5.74, 6) is 0. The third-order valence-corrected chi connectivity index (χ3v) is 17.3. The van der Waals surface area contributed by atoms with Crippen LogP contribution in [0.3, 0.4) is 0 Å². The van der Waals surface area contributed by atoms with Gasteiger partial charge in [0.25, 0.3) is 0 Å². The Bertz CT molecular complexity index is 3920. The highest BCUT2D eigenvalue weighted by Gasteiger charge is 2.40. The van der Waals surface area contributed by atoms with Gasteiger partial charge in [0, 0.05) is 33.3 Å². The summed E-state index contributed by atoms with van der Waals surface area (Å²) in [6, 6.07) is 89.0. The first-order valence-electron chi connectivity index (χ1n) is 26.3. The van der Waals surface area contributed by atoms with Crippen molar-refractivity contribution in [3.8, 4) is 77.9 Å². The van der Waals surface area contributed by atoms with E-state index in [1.807, 2.05) is 0 Å². The minimum Gasteiger partial charge on any atom is -0.310 e. The molecule has 14 rings (SSSR count). The summed E-state index contributed by atoms with van der Waals surface area (Å²) in [6.45, 7) is 14.4. The maximum Gasteiger partial charge on any atom is 0.0465 e. The average molecular weight is 948 g/mol. The van der Waals surface area contributed by atoms with E-state index in [1.54, 1.807) is 0 Å². The first-order valence-corrected chi connectivity index (χ1v) is 26.3. The molecule has 0 spiro atoms. The van der Waals surface area contributed by atoms with Gasteiger partial charge in [-0.2, -0.15) is 0 Å². The van der Waals surface area contributed by atoms with Crippen LogP contribution in [0.2, 0.25) is 0 Å². The lowest BCUT2D eigenvalue weighted by Crippen LogP contribution is -2.19. The normalized spacial score (nSPS) is 14.7. The number of nitrogens with zero attached hydrogens (tertiary/aromatic N) is 1. The molecule has 1 heteroatoms. The van der Waals surface area contributed by atoms with Crippen LogP contribution >= 0.6 is 0 Å². The Morgan fingerprint density at radius 2 is 0.541 bits per heavy atom. The fourth-order valence-electron chi connectivity index (χ4n) is 13.2. The molecule has 0 atom stereocenters. The fraction of sp³-hybridized carbons (Fsp3) is 0.123. The molecular formula is C73H57N. The van der Waals surface area contributed by atoms with Gasteiger partial charge in [-0.15, -0.1) is 0 Å². The smallest absolute Gasteiger partial charge is 0.0465 e. The molecule has 0 fully saturated rings. The zero-order chi connectivity index (χ0) is 50.1. The van der Waals surface area contributed by atoms with Crippen molar-refractivity contribution in [2.75, 3.05) is 4.90 Å². The number of benzene rings is 11. The average Bonchev–Trinajstić information content (AvgIpc) is 3.91. The molecule has 0 N–H and O–H groups in total. The van der Waals surface area contributed by atoms with E-state index >= 15 is 0 Å². The van der Waals surface area contributed by atoms with Crippen LogP contribution < -0.4 is 4.90 Å². The lowest BCUT2D eigenvalue weighted by Gasteiger charge is -2.31. The van der Waals surface area contributed by atoms with Crippen molar-refractivity contribution in [1.82, 2.24) is 0 Å². The molecule has 11 aromatic carbocycles. The predicted octanol–water partition coefficient (Wildman–Crippen LogP) is 19.9. The molecule has 354 valence electrons. The second-order valence-electron chi connectivity index (χ2n) is 22.5. The Labute approximate surface area is 436 Å². The summed E-state index contributed by atoms with van der Waals surface area (Å²) < 4.78 is 0. The van der Waals surface area contributed by atoms with Gasteiger partial charge in [-0.1, -0.05) is 224 Å². The van der Waals surface area contributed by atoms with E-state index < -0.39 is 0 Å². The van der Waals surface area contributed by atoms with Crippen molar-refractivity contribution in [1.29, 1.82) is 0 Å². The molecular weight excluding hydrogens is 891 g/mol. The lowest BCUT2D eigenvalue weighted by molar-refractivity contribution is 0.659. The van der Waals surface area contributed by atoms with Gasteiger partial charge < -0.3 is 4.90 Å². The summed E-state index contributed by atoms with van der Waals surface area (Å²) in [5, 5.41) is 2.55. The maximum absolute atomic E-state index is 2.53. The summed E-state index contributed by atoms with van der Waals surface area (Å²) in [5.41, 5.74) is 28.9. The lowest BCUT2D eigenvalue weighted by atomic mass is 9.81. The van der Waals surface area contributed by atoms with Crippen LogP contribution in [0.1, 0.15) is 74.9 Å².